The van der Waals surface area contributed by atoms with Gasteiger partial charge in [-0.15, -0.1) is 0 Å². The van der Waals surface area contributed by atoms with E-state index in [4.69, 9.17) is 0 Å². The van der Waals surface area contributed by atoms with Crippen molar-refractivity contribution in [2.45, 2.75) is 33.1 Å². The fraction of sp³-hybridized carbons (Fsp3) is 0.500. The van der Waals surface area contributed by atoms with E-state index in [9.17, 15) is 19.7 Å². The largest absolute Gasteiger partial charge is 0.343 e. The fourth-order valence-electron chi connectivity index (χ4n) is 2.81. The zero-order valence-electron chi connectivity index (χ0n) is 13.4. The van der Waals surface area contributed by atoms with Crippen molar-refractivity contribution < 1.29 is 14.5 Å². The molecule has 1 heterocycles. The summed E-state index contributed by atoms with van der Waals surface area (Å²) in [6.07, 6.45) is 1.79. The molecular weight excluding hydrogens is 298 g/mol. The van der Waals surface area contributed by atoms with E-state index in [1.54, 1.807) is 17.0 Å². The van der Waals surface area contributed by atoms with Gasteiger partial charge >= 0.3 is 0 Å². The van der Waals surface area contributed by atoms with Crippen molar-refractivity contribution in [2.75, 3.05) is 18.4 Å². The molecule has 0 aromatic heterocycles. The predicted octanol–water partition coefficient (Wildman–Crippen LogP) is 2.35. The van der Waals surface area contributed by atoms with Gasteiger partial charge in [-0.3, -0.25) is 19.7 Å². The van der Waals surface area contributed by atoms with Crippen molar-refractivity contribution in [3.8, 4) is 0 Å². The van der Waals surface area contributed by atoms with Gasteiger partial charge in [0.1, 0.15) is 0 Å². The molecule has 0 unspecified atom stereocenters. The molecule has 7 nitrogen and oxygen atoms in total. The van der Waals surface area contributed by atoms with Gasteiger partial charge < -0.3 is 10.2 Å². The zero-order chi connectivity index (χ0) is 17.0. The second-order valence-corrected chi connectivity index (χ2v) is 5.72. The van der Waals surface area contributed by atoms with Crippen LogP contribution in [0.2, 0.25) is 0 Å². The number of hydrogen-bond donors (Lipinski definition) is 1. The first kappa shape index (κ1) is 16.9. The molecular formula is C16H21N3O4. The van der Waals surface area contributed by atoms with Gasteiger partial charge in [-0.2, -0.15) is 0 Å². The molecule has 1 aliphatic rings. The number of nitro groups is 1. The van der Waals surface area contributed by atoms with Gasteiger partial charge in [0.2, 0.25) is 11.8 Å². The third-order valence-corrected chi connectivity index (χ3v) is 4.24. The number of aryl methyl sites for hydroxylation is 1. The van der Waals surface area contributed by atoms with Crippen molar-refractivity contribution in [1.29, 1.82) is 0 Å². The molecule has 0 saturated carbocycles. The molecule has 2 rings (SSSR count). The average Bonchev–Trinajstić information content (AvgIpc) is 2.54. The number of likely N-dealkylation sites (tertiary alicyclic amines) is 1. The van der Waals surface area contributed by atoms with Crippen LogP contribution >= 0.6 is 0 Å². The van der Waals surface area contributed by atoms with E-state index in [0.717, 1.165) is 0 Å². The van der Waals surface area contributed by atoms with Crippen molar-refractivity contribution in [2.24, 2.45) is 5.92 Å². The number of rotatable bonds is 4. The Hall–Kier alpha value is -2.44. The highest BCUT2D eigenvalue weighted by atomic mass is 16.6. The lowest BCUT2D eigenvalue weighted by Gasteiger charge is -2.30. The maximum Gasteiger partial charge on any atom is 0.274 e. The van der Waals surface area contributed by atoms with Crippen LogP contribution in [-0.4, -0.2) is 34.7 Å². The molecule has 23 heavy (non-hydrogen) atoms. The van der Waals surface area contributed by atoms with Crippen LogP contribution in [-0.2, 0) is 16.0 Å². The third kappa shape index (κ3) is 4.06. The molecule has 1 fully saturated rings. The predicted molar refractivity (Wildman–Crippen MR) is 86.1 cm³/mol. The van der Waals surface area contributed by atoms with Gasteiger partial charge in [-0.1, -0.05) is 13.0 Å². The van der Waals surface area contributed by atoms with Crippen molar-refractivity contribution >= 4 is 23.2 Å². The number of hydrogen-bond acceptors (Lipinski definition) is 4. The second kappa shape index (κ2) is 7.21. The first-order valence-corrected chi connectivity index (χ1v) is 7.76. The zero-order valence-corrected chi connectivity index (χ0v) is 13.4. The molecule has 7 heteroatoms. The van der Waals surface area contributed by atoms with Crippen LogP contribution in [0.1, 0.15) is 32.3 Å². The number of carbonyl (C=O) groups excluding carboxylic acids is 2. The molecule has 0 aliphatic carbocycles. The monoisotopic (exact) mass is 319 g/mol. The summed E-state index contributed by atoms with van der Waals surface area (Å²) in [7, 11) is 0. The SMILES string of the molecule is CCc1ccc(NC(=O)C2CCN(C(C)=O)CC2)cc1[N+](=O)[O-]. The van der Waals surface area contributed by atoms with E-state index < -0.39 is 4.92 Å². The van der Waals surface area contributed by atoms with Crippen LogP contribution in [0, 0.1) is 16.0 Å². The van der Waals surface area contributed by atoms with E-state index in [1.807, 2.05) is 6.92 Å². The van der Waals surface area contributed by atoms with E-state index in [-0.39, 0.29) is 23.4 Å². The van der Waals surface area contributed by atoms with Gasteiger partial charge in [0.15, 0.2) is 0 Å². The number of nitro benzene ring substituents is 1. The summed E-state index contributed by atoms with van der Waals surface area (Å²) in [5.41, 5.74) is 1.10. The highest BCUT2D eigenvalue weighted by molar-refractivity contribution is 5.93. The Bertz CT molecular complexity index is 622. The Labute approximate surface area is 134 Å². The number of piperidine rings is 1. The molecule has 1 saturated heterocycles. The van der Waals surface area contributed by atoms with Crippen LogP contribution in [0.4, 0.5) is 11.4 Å². The first-order valence-electron chi connectivity index (χ1n) is 7.76. The molecule has 0 radical (unpaired) electrons. The lowest BCUT2D eigenvalue weighted by atomic mass is 9.95. The summed E-state index contributed by atoms with van der Waals surface area (Å²) >= 11 is 0. The van der Waals surface area contributed by atoms with Crippen molar-refractivity contribution in [3.05, 3.63) is 33.9 Å². The molecule has 1 aromatic carbocycles. The lowest BCUT2D eigenvalue weighted by molar-refractivity contribution is -0.385. The van der Waals surface area contributed by atoms with Gasteiger partial charge in [0.25, 0.3) is 5.69 Å². The lowest BCUT2D eigenvalue weighted by Crippen LogP contribution is -2.40. The standard InChI is InChI=1S/C16H21N3O4/c1-3-12-4-5-14(10-15(12)19(22)23)17-16(21)13-6-8-18(9-7-13)11(2)20/h4-5,10,13H,3,6-9H2,1-2H3,(H,17,21). The van der Waals surface area contributed by atoms with Crippen LogP contribution in [0.25, 0.3) is 0 Å². The van der Waals surface area contributed by atoms with Gasteiger partial charge in [-0.05, 0) is 25.3 Å². The quantitative estimate of drug-likeness (QED) is 0.681. The van der Waals surface area contributed by atoms with Crippen molar-refractivity contribution in [3.63, 3.8) is 0 Å². The molecule has 0 atom stereocenters. The minimum absolute atomic E-state index is 0.0228. The number of nitrogens with one attached hydrogen (secondary N) is 1. The number of nitrogens with zero attached hydrogens (tertiary/aromatic N) is 2. The molecule has 1 aromatic rings. The smallest absolute Gasteiger partial charge is 0.274 e. The number of benzene rings is 1. The maximum absolute atomic E-state index is 12.3. The van der Waals surface area contributed by atoms with Crippen molar-refractivity contribution in [1.82, 2.24) is 4.90 Å². The van der Waals surface area contributed by atoms with Crippen LogP contribution in [0.5, 0.6) is 0 Å². The Balaban J connectivity index is 2.02. The Morgan fingerprint density at radius 3 is 2.52 bits per heavy atom. The van der Waals surface area contributed by atoms with E-state index in [2.05, 4.69) is 5.32 Å². The van der Waals surface area contributed by atoms with Gasteiger partial charge in [-0.25, -0.2) is 0 Å². The fourth-order valence-corrected chi connectivity index (χ4v) is 2.81. The molecule has 2 amide bonds. The van der Waals surface area contributed by atoms with Gasteiger partial charge in [0.05, 0.1) is 4.92 Å². The Morgan fingerprint density at radius 1 is 1.35 bits per heavy atom. The third-order valence-electron chi connectivity index (χ3n) is 4.24. The normalized spacial score (nSPS) is 15.3. The highest BCUT2D eigenvalue weighted by Crippen LogP contribution is 2.25. The summed E-state index contributed by atoms with van der Waals surface area (Å²) < 4.78 is 0. The Kier molecular flexibility index (Phi) is 5.31. The topological polar surface area (TPSA) is 92.6 Å². The minimum Gasteiger partial charge on any atom is -0.343 e. The molecule has 0 spiro atoms. The van der Waals surface area contributed by atoms with E-state index in [1.165, 1.54) is 13.0 Å². The summed E-state index contributed by atoms with van der Waals surface area (Å²) in [6.45, 7) is 4.52. The maximum atomic E-state index is 12.3. The average molecular weight is 319 g/mol. The van der Waals surface area contributed by atoms with E-state index in [0.29, 0.717) is 43.6 Å². The summed E-state index contributed by atoms with van der Waals surface area (Å²) in [4.78, 5) is 36.0. The molecule has 0 bridgehead atoms. The van der Waals surface area contributed by atoms with Crippen LogP contribution < -0.4 is 5.32 Å². The number of amides is 2. The minimum atomic E-state index is -0.431. The van der Waals surface area contributed by atoms with Crippen LogP contribution in [0.15, 0.2) is 18.2 Å². The second-order valence-electron chi connectivity index (χ2n) is 5.72. The van der Waals surface area contributed by atoms with E-state index >= 15 is 0 Å². The number of anilines is 1. The summed E-state index contributed by atoms with van der Waals surface area (Å²) in [6, 6.07) is 4.77. The van der Waals surface area contributed by atoms with Gasteiger partial charge in [0, 0.05) is 43.2 Å². The molecule has 124 valence electrons. The molecule has 1 N–H and O–H groups in total. The number of carbonyl (C=O) groups is 2. The molecule has 1 aliphatic heterocycles. The first-order chi connectivity index (χ1) is 10.9. The summed E-state index contributed by atoms with van der Waals surface area (Å²) in [5.74, 6) is -0.295. The van der Waals surface area contributed by atoms with Crippen LogP contribution in [0.3, 0.4) is 0 Å². The summed E-state index contributed by atoms with van der Waals surface area (Å²) in [5, 5.41) is 13.8. The highest BCUT2D eigenvalue weighted by Gasteiger charge is 2.26. The Morgan fingerprint density at radius 2 is 2.00 bits per heavy atom.